The molecule has 1 fully saturated rings. The zero-order valence-corrected chi connectivity index (χ0v) is 10.4. The molecule has 0 bridgehead atoms. The molecule has 19 heavy (non-hydrogen) atoms. The van der Waals surface area contributed by atoms with Crippen LogP contribution in [0, 0.1) is 11.7 Å². The van der Waals surface area contributed by atoms with Gasteiger partial charge in [-0.05, 0) is 30.5 Å². The van der Waals surface area contributed by atoms with Gasteiger partial charge in [-0.15, -0.1) is 0 Å². The van der Waals surface area contributed by atoms with Gasteiger partial charge in [0.05, 0.1) is 11.3 Å². The molecule has 2 N–H and O–H groups in total. The van der Waals surface area contributed by atoms with Crippen molar-refractivity contribution < 1.29 is 23.8 Å². The molecule has 1 aromatic carbocycles. The summed E-state index contributed by atoms with van der Waals surface area (Å²) in [7, 11) is 0. The summed E-state index contributed by atoms with van der Waals surface area (Å²) in [5.74, 6) is -2.29. The van der Waals surface area contributed by atoms with E-state index in [2.05, 4.69) is 5.32 Å². The van der Waals surface area contributed by atoms with Gasteiger partial charge in [-0.3, -0.25) is 4.79 Å². The summed E-state index contributed by atoms with van der Waals surface area (Å²) in [6.45, 7) is 2.40. The molecule has 2 unspecified atom stereocenters. The van der Waals surface area contributed by atoms with Crippen LogP contribution in [0.3, 0.4) is 0 Å². The summed E-state index contributed by atoms with van der Waals surface area (Å²) in [5.41, 5.74) is -0.208. The highest BCUT2D eigenvalue weighted by atomic mass is 19.1. The van der Waals surface area contributed by atoms with Crippen LogP contribution >= 0.6 is 0 Å². The lowest BCUT2D eigenvalue weighted by molar-refractivity contribution is -0.126. The third kappa shape index (κ3) is 2.90. The second-order valence-electron chi connectivity index (χ2n) is 4.54. The molecule has 102 valence electrons. The fourth-order valence-corrected chi connectivity index (χ4v) is 2.04. The van der Waals surface area contributed by atoms with E-state index in [0.717, 1.165) is 18.6 Å². The number of anilines is 1. The lowest BCUT2D eigenvalue weighted by atomic mass is 10.0. The van der Waals surface area contributed by atoms with Crippen LogP contribution in [0.1, 0.15) is 23.7 Å². The first-order valence-electron chi connectivity index (χ1n) is 5.94. The Morgan fingerprint density at radius 1 is 1.47 bits per heavy atom. The van der Waals surface area contributed by atoms with E-state index in [1.165, 1.54) is 6.07 Å². The zero-order valence-electron chi connectivity index (χ0n) is 10.4. The number of amides is 1. The fraction of sp³-hybridized carbons (Fsp3) is 0.385. The minimum absolute atomic E-state index is 0.0709. The number of nitrogens with one attached hydrogen (secondary N) is 1. The molecule has 5 nitrogen and oxygen atoms in total. The van der Waals surface area contributed by atoms with Gasteiger partial charge in [0.25, 0.3) is 5.91 Å². The van der Waals surface area contributed by atoms with Gasteiger partial charge < -0.3 is 15.2 Å². The maximum absolute atomic E-state index is 13.0. The minimum Gasteiger partial charge on any atom is -0.478 e. The molecule has 1 heterocycles. The van der Waals surface area contributed by atoms with Crippen LogP contribution < -0.4 is 5.32 Å². The molecular weight excluding hydrogens is 253 g/mol. The van der Waals surface area contributed by atoms with E-state index in [-0.39, 0.29) is 17.2 Å². The van der Waals surface area contributed by atoms with Crippen molar-refractivity contribution in [3.05, 3.63) is 29.6 Å². The first-order chi connectivity index (χ1) is 8.99. The Balaban J connectivity index is 2.19. The summed E-state index contributed by atoms with van der Waals surface area (Å²) in [6, 6.07) is 3.20. The predicted octanol–water partition coefficient (Wildman–Crippen LogP) is 1.89. The Kier molecular flexibility index (Phi) is 3.80. The standard InChI is InChI=1S/C13H14FNO4/c1-7-4-5-19-11(7)12(16)15-10-3-2-8(14)6-9(10)13(17)18/h2-3,6-7,11H,4-5H2,1H3,(H,15,16)(H,17,18). The van der Waals surface area contributed by atoms with E-state index in [9.17, 15) is 14.0 Å². The number of rotatable bonds is 3. The van der Waals surface area contributed by atoms with Gasteiger partial charge in [-0.25, -0.2) is 9.18 Å². The summed E-state index contributed by atoms with van der Waals surface area (Å²) in [5, 5.41) is 11.5. The van der Waals surface area contributed by atoms with Crippen LogP contribution in [0.4, 0.5) is 10.1 Å². The van der Waals surface area contributed by atoms with Crippen molar-refractivity contribution in [1.29, 1.82) is 0 Å². The third-order valence-electron chi connectivity index (χ3n) is 3.12. The van der Waals surface area contributed by atoms with E-state index in [1.807, 2.05) is 6.92 Å². The number of carbonyl (C=O) groups excluding carboxylic acids is 1. The summed E-state index contributed by atoms with van der Waals surface area (Å²) in [4.78, 5) is 23.0. The topological polar surface area (TPSA) is 75.6 Å². The highest BCUT2D eigenvalue weighted by Crippen LogP contribution is 2.23. The molecule has 2 atom stereocenters. The molecule has 1 aliphatic rings. The Morgan fingerprint density at radius 2 is 2.21 bits per heavy atom. The average molecular weight is 267 g/mol. The number of carboxylic acid groups (broad SMARTS) is 1. The molecule has 0 aliphatic carbocycles. The molecule has 6 heteroatoms. The van der Waals surface area contributed by atoms with Gasteiger partial charge in [-0.1, -0.05) is 6.92 Å². The molecule has 1 amide bonds. The number of hydrogen-bond acceptors (Lipinski definition) is 3. The van der Waals surface area contributed by atoms with Crippen molar-refractivity contribution in [2.75, 3.05) is 11.9 Å². The summed E-state index contributed by atoms with van der Waals surface area (Å²) in [6.07, 6.45) is 0.194. The quantitative estimate of drug-likeness (QED) is 0.876. The molecule has 0 radical (unpaired) electrons. The molecule has 2 rings (SSSR count). The highest BCUT2D eigenvalue weighted by Gasteiger charge is 2.31. The Labute approximate surface area is 109 Å². The number of benzene rings is 1. The Bertz CT molecular complexity index is 517. The van der Waals surface area contributed by atoms with Crippen LogP contribution in [0.5, 0.6) is 0 Å². The molecule has 1 aromatic rings. The van der Waals surface area contributed by atoms with E-state index < -0.39 is 23.8 Å². The van der Waals surface area contributed by atoms with E-state index >= 15 is 0 Å². The molecule has 0 aromatic heterocycles. The first-order valence-corrected chi connectivity index (χ1v) is 5.94. The van der Waals surface area contributed by atoms with Gasteiger partial charge in [-0.2, -0.15) is 0 Å². The SMILES string of the molecule is CC1CCOC1C(=O)Nc1ccc(F)cc1C(=O)O. The van der Waals surface area contributed by atoms with Crippen molar-refractivity contribution in [3.63, 3.8) is 0 Å². The monoisotopic (exact) mass is 267 g/mol. The number of ether oxygens (including phenoxy) is 1. The second kappa shape index (κ2) is 5.36. The van der Waals surface area contributed by atoms with E-state index in [1.54, 1.807) is 0 Å². The second-order valence-corrected chi connectivity index (χ2v) is 4.54. The molecule has 1 aliphatic heterocycles. The van der Waals surface area contributed by atoms with Crippen molar-refractivity contribution in [1.82, 2.24) is 0 Å². The van der Waals surface area contributed by atoms with Gasteiger partial charge in [0.1, 0.15) is 11.9 Å². The maximum Gasteiger partial charge on any atom is 0.337 e. The normalized spacial score (nSPS) is 22.2. The van der Waals surface area contributed by atoms with Crippen molar-refractivity contribution >= 4 is 17.6 Å². The van der Waals surface area contributed by atoms with Crippen LogP contribution in [0.2, 0.25) is 0 Å². The Hall–Kier alpha value is -1.95. The van der Waals surface area contributed by atoms with Gasteiger partial charge in [0.15, 0.2) is 0 Å². The number of aromatic carboxylic acids is 1. The van der Waals surface area contributed by atoms with Gasteiger partial charge in [0, 0.05) is 6.61 Å². The number of carboxylic acids is 1. The zero-order chi connectivity index (χ0) is 14.0. The lowest BCUT2D eigenvalue weighted by Crippen LogP contribution is -2.31. The summed E-state index contributed by atoms with van der Waals surface area (Å²) >= 11 is 0. The lowest BCUT2D eigenvalue weighted by Gasteiger charge is -2.15. The molecule has 0 spiro atoms. The first kappa shape index (κ1) is 13.5. The van der Waals surface area contributed by atoms with E-state index in [4.69, 9.17) is 9.84 Å². The maximum atomic E-state index is 13.0. The van der Waals surface area contributed by atoms with Gasteiger partial charge >= 0.3 is 5.97 Å². The van der Waals surface area contributed by atoms with Crippen LogP contribution in [-0.2, 0) is 9.53 Å². The van der Waals surface area contributed by atoms with Crippen LogP contribution in [-0.4, -0.2) is 29.7 Å². The number of carbonyl (C=O) groups is 2. The largest absolute Gasteiger partial charge is 0.478 e. The van der Waals surface area contributed by atoms with Crippen LogP contribution in [0.25, 0.3) is 0 Å². The Morgan fingerprint density at radius 3 is 2.79 bits per heavy atom. The average Bonchev–Trinajstić information content (AvgIpc) is 2.77. The third-order valence-corrected chi connectivity index (χ3v) is 3.12. The minimum atomic E-state index is -1.30. The highest BCUT2D eigenvalue weighted by molar-refractivity contribution is 6.02. The fourth-order valence-electron chi connectivity index (χ4n) is 2.04. The molecular formula is C13H14FNO4. The molecule has 1 saturated heterocycles. The van der Waals surface area contributed by atoms with Crippen molar-refractivity contribution in [2.45, 2.75) is 19.4 Å². The van der Waals surface area contributed by atoms with Crippen LogP contribution in [0.15, 0.2) is 18.2 Å². The molecule has 0 saturated carbocycles. The van der Waals surface area contributed by atoms with Crippen molar-refractivity contribution in [2.24, 2.45) is 5.92 Å². The smallest absolute Gasteiger partial charge is 0.337 e. The van der Waals surface area contributed by atoms with E-state index in [0.29, 0.717) is 6.61 Å². The number of halogens is 1. The van der Waals surface area contributed by atoms with Crippen molar-refractivity contribution in [3.8, 4) is 0 Å². The van der Waals surface area contributed by atoms with Gasteiger partial charge in [0.2, 0.25) is 0 Å². The predicted molar refractivity (Wildman–Crippen MR) is 65.5 cm³/mol. The number of hydrogen-bond donors (Lipinski definition) is 2. The summed E-state index contributed by atoms with van der Waals surface area (Å²) < 4.78 is 18.3.